The number of benzene rings is 1. The molecule has 1 aliphatic heterocycles. The average Bonchev–Trinajstić information content (AvgIpc) is 3.47. The molecule has 0 radical (unpaired) electrons. The molecular weight excluding hydrogens is 464 g/mol. The van der Waals surface area contributed by atoms with Crippen LogP contribution in [0.25, 0.3) is 10.9 Å². The van der Waals surface area contributed by atoms with Crippen molar-refractivity contribution >= 4 is 32.3 Å². The van der Waals surface area contributed by atoms with Gasteiger partial charge in [0.25, 0.3) is 0 Å². The topological polar surface area (TPSA) is 106 Å². The summed E-state index contributed by atoms with van der Waals surface area (Å²) in [5.74, 6) is 5.81. The van der Waals surface area contributed by atoms with Crippen LogP contribution in [0.3, 0.4) is 0 Å². The van der Waals surface area contributed by atoms with Crippen molar-refractivity contribution in [3.63, 3.8) is 0 Å². The Bertz CT molecular complexity index is 1170. The number of ether oxygens (including phenoxy) is 1. The summed E-state index contributed by atoms with van der Waals surface area (Å²) in [7, 11) is 1.44. The van der Waals surface area contributed by atoms with E-state index in [1.807, 2.05) is 4.90 Å². The van der Waals surface area contributed by atoms with E-state index in [-0.39, 0.29) is 32.9 Å². The summed E-state index contributed by atoms with van der Waals surface area (Å²) >= 11 is -0.235. The van der Waals surface area contributed by atoms with E-state index in [0.717, 1.165) is 24.5 Å². The molecule has 2 aliphatic rings. The minimum atomic E-state index is -0.725. The number of halogens is 1. The summed E-state index contributed by atoms with van der Waals surface area (Å²) in [6.45, 7) is 3.60. The van der Waals surface area contributed by atoms with Crippen LogP contribution in [0.15, 0.2) is 15.7 Å². The van der Waals surface area contributed by atoms with Crippen molar-refractivity contribution in [2.45, 2.75) is 48.6 Å². The van der Waals surface area contributed by atoms with Crippen LogP contribution < -0.4 is 26.7 Å². The van der Waals surface area contributed by atoms with Crippen LogP contribution in [-0.2, 0) is 0 Å². The molecule has 0 amide bonds. The summed E-state index contributed by atoms with van der Waals surface area (Å²) in [5, 5.41) is 9.82. The number of nitrogen functional groups attached to an aromatic ring is 1. The van der Waals surface area contributed by atoms with Gasteiger partial charge < -0.3 is 0 Å². The standard InChI is InChI=1S/C21H27AsFN5O3/c1-12(22-7-3-8-24)13-6-9-26(11-13)18-16(23)10-15-17(19(18)31-2)27(14-4-5-14)21(30)28(25)20(15)29/h10,12-14,22H,3-7,9,11,25H2,1-2H3. The van der Waals surface area contributed by atoms with E-state index in [4.69, 9.17) is 15.8 Å². The van der Waals surface area contributed by atoms with E-state index in [9.17, 15) is 9.59 Å². The van der Waals surface area contributed by atoms with Gasteiger partial charge in [0.1, 0.15) is 0 Å². The van der Waals surface area contributed by atoms with Gasteiger partial charge in [-0.05, 0) is 0 Å². The zero-order valence-corrected chi connectivity index (χ0v) is 19.8. The van der Waals surface area contributed by atoms with Gasteiger partial charge in [0.2, 0.25) is 0 Å². The molecule has 166 valence electrons. The van der Waals surface area contributed by atoms with Gasteiger partial charge in [-0.3, -0.25) is 0 Å². The molecule has 10 heteroatoms. The third-order valence-corrected chi connectivity index (χ3v) is 9.82. The number of nitriles is 1. The van der Waals surface area contributed by atoms with E-state index in [0.29, 0.717) is 46.0 Å². The fourth-order valence-corrected chi connectivity index (χ4v) is 7.28. The first-order chi connectivity index (χ1) is 14.9. The molecule has 2 N–H and O–H groups in total. The summed E-state index contributed by atoms with van der Waals surface area (Å²) < 4.78 is 23.6. The zero-order valence-electron chi connectivity index (χ0n) is 17.7. The van der Waals surface area contributed by atoms with Gasteiger partial charge in [-0.15, -0.1) is 0 Å². The Balaban J connectivity index is 1.78. The molecule has 1 saturated carbocycles. The van der Waals surface area contributed by atoms with Crippen molar-refractivity contribution in [1.29, 1.82) is 5.26 Å². The Kier molecular flexibility index (Phi) is 6.02. The molecule has 4 rings (SSSR count). The van der Waals surface area contributed by atoms with E-state index >= 15 is 4.39 Å². The molecule has 3 unspecified atom stereocenters. The number of fused-ring (bicyclic) bond motifs is 1. The minimum absolute atomic E-state index is 0.0550. The Labute approximate surface area is 186 Å². The monoisotopic (exact) mass is 491 g/mol. The van der Waals surface area contributed by atoms with Gasteiger partial charge in [0.15, 0.2) is 0 Å². The Morgan fingerprint density at radius 3 is 2.77 bits per heavy atom. The van der Waals surface area contributed by atoms with Gasteiger partial charge in [-0.1, -0.05) is 0 Å². The second-order valence-corrected chi connectivity index (χ2v) is 12.2. The molecule has 0 spiro atoms. The second kappa shape index (κ2) is 8.58. The molecule has 31 heavy (non-hydrogen) atoms. The molecule has 1 aliphatic carbocycles. The fourth-order valence-electron chi connectivity index (χ4n) is 4.52. The fraction of sp³-hybridized carbons (Fsp3) is 0.571. The van der Waals surface area contributed by atoms with Crippen LogP contribution in [0.2, 0.25) is 9.91 Å². The molecule has 8 nitrogen and oxygen atoms in total. The van der Waals surface area contributed by atoms with Crippen molar-refractivity contribution in [1.82, 2.24) is 9.24 Å². The average molecular weight is 491 g/mol. The van der Waals surface area contributed by atoms with Gasteiger partial charge >= 0.3 is 186 Å². The maximum absolute atomic E-state index is 15.3. The molecule has 2 heterocycles. The predicted octanol–water partition coefficient (Wildman–Crippen LogP) is 1.76. The molecule has 2 fully saturated rings. The second-order valence-electron chi connectivity index (χ2n) is 8.34. The quantitative estimate of drug-likeness (QED) is 0.360. The van der Waals surface area contributed by atoms with Crippen LogP contribution in [0.1, 0.15) is 38.6 Å². The molecule has 2 aromatic rings. The summed E-state index contributed by atoms with van der Waals surface area (Å²) in [5.41, 5.74) is -0.690. The number of nitrogens with zero attached hydrogens (tertiary/aromatic N) is 4. The Morgan fingerprint density at radius 1 is 1.39 bits per heavy atom. The number of aromatic nitrogens is 2. The van der Waals surface area contributed by atoms with Crippen molar-refractivity contribution < 1.29 is 9.13 Å². The number of hydrogen-bond acceptors (Lipinski definition) is 6. The van der Waals surface area contributed by atoms with E-state index in [1.54, 1.807) is 0 Å². The Morgan fingerprint density at radius 2 is 2.13 bits per heavy atom. The van der Waals surface area contributed by atoms with Crippen molar-refractivity contribution in [3.05, 3.63) is 32.7 Å². The van der Waals surface area contributed by atoms with Crippen molar-refractivity contribution in [3.8, 4) is 11.8 Å². The third kappa shape index (κ3) is 3.82. The number of rotatable bonds is 7. The number of hydrogen-bond donors (Lipinski definition) is 1. The first-order valence-electron chi connectivity index (χ1n) is 10.6. The van der Waals surface area contributed by atoms with Crippen molar-refractivity contribution in [2.75, 3.05) is 30.9 Å². The summed E-state index contributed by atoms with van der Waals surface area (Å²) in [4.78, 5) is 27.4. The predicted molar refractivity (Wildman–Crippen MR) is 119 cm³/mol. The number of methoxy groups -OCH3 is 1. The normalized spacial score (nSPS) is 19.9. The van der Waals surface area contributed by atoms with Gasteiger partial charge in [-0.2, -0.15) is 0 Å². The number of anilines is 1. The first-order valence-corrected chi connectivity index (χ1v) is 13.3. The maximum atomic E-state index is 15.3. The molecular formula is C21H27AsFN5O3. The van der Waals surface area contributed by atoms with Crippen LogP contribution in [0, 0.1) is 23.1 Å². The third-order valence-electron chi connectivity index (χ3n) is 6.35. The van der Waals surface area contributed by atoms with E-state index in [1.165, 1.54) is 17.7 Å². The Hall–Kier alpha value is -2.46. The SMILES string of the molecule is COc1c(N2CCC(C(C)[AsH]CCC#N)C2)c(F)cc2c(=O)n(N)c(=O)n(C3CC3)c12. The molecule has 1 aromatic heterocycles. The molecule has 0 bridgehead atoms. The summed E-state index contributed by atoms with van der Waals surface area (Å²) in [6.07, 6.45) is 3.15. The molecule has 1 aromatic carbocycles. The van der Waals surface area contributed by atoms with Crippen LogP contribution >= 0.6 is 0 Å². The molecule has 3 atom stereocenters. The van der Waals surface area contributed by atoms with Gasteiger partial charge in [-0.25, -0.2) is 0 Å². The van der Waals surface area contributed by atoms with Gasteiger partial charge in [0.05, 0.1) is 0 Å². The summed E-state index contributed by atoms with van der Waals surface area (Å²) in [6, 6.07) is 3.34. The van der Waals surface area contributed by atoms with Gasteiger partial charge in [0, 0.05) is 0 Å². The van der Waals surface area contributed by atoms with Crippen LogP contribution in [0.5, 0.6) is 5.75 Å². The first kappa shape index (κ1) is 21.8. The molecule has 1 saturated heterocycles. The van der Waals surface area contributed by atoms with Crippen molar-refractivity contribution in [2.24, 2.45) is 5.92 Å². The number of nitrogens with two attached hydrogens (primary N) is 1. The van der Waals surface area contributed by atoms with Crippen LogP contribution in [0.4, 0.5) is 10.1 Å². The zero-order chi connectivity index (χ0) is 22.3. The van der Waals surface area contributed by atoms with E-state index < -0.39 is 17.1 Å². The van der Waals surface area contributed by atoms with Crippen LogP contribution in [-0.4, -0.2) is 45.2 Å². The van der Waals surface area contributed by atoms with E-state index in [2.05, 4.69) is 13.0 Å².